The third kappa shape index (κ3) is 4.41. The van der Waals surface area contributed by atoms with Crippen LogP contribution in [0.3, 0.4) is 0 Å². The summed E-state index contributed by atoms with van der Waals surface area (Å²) in [7, 11) is 3.13. The molecule has 0 spiro atoms. The van der Waals surface area contributed by atoms with Gasteiger partial charge in [-0.25, -0.2) is 0 Å². The second-order valence-electron chi connectivity index (χ2n) is 6.00. The molecule has 22 heavy (non-hydrogen) atoms. The van der Waals surface area contributed by atoms with Crippen LogP contribution in [0.2, 0.25) is 0 Å². The highest BCUT2D eigenvalue weighted by Gasteiger charge is 2.42. The Morgan fingerprint density at radius 1 is 1.23 bits per heavy atom. The van der Waals surface area contributed by atoms with Gasteiger partial charge in [-0.1, -0.05) is 0 Å². The zero-order valence-electron chi connectivity index (χ0n) is 13.4. The van der Waals surface area contributed by atoms with Crippen molar-refractivity contribution in [2.45, 2.75) is 6.42 Å². The number of hydrogen-bond acceptors (Lipinski definition) is 5. The predicted molar refractivity (Wildman–Crippen MR) is 79.2 cm³/mol. The van der Waals surface area contributed by atoms with Gasteiger partial charge in [0.25, 0.3) is 0 Å². The van der Waals surface area contributed by atoms with Crippen molar-refractivity contribution in [1.29, 1.82) is 0 Å². The number of fused-ring (bicyclic) bond motifs is 1. The predicted octanol–water partition coefficient (Wildman–Crippen LogP) is -0.493. The first-order chi connectivity index (χ1) is 10.7. The molecule has 2 heterocycles. The Hall–Kier alpha value is -1.18. The molecule has 0 bridgehead atoms. The van der Waals surface area contributed by atoms with Crippen LogP contribution in [0.25, 0.3) is 0 Å². The number of nitrogens with zero attached hydrogens (tertiary/aromatic N) is 1. The van der Waals surface area contributed by atoms with E-state index in [9.17, 15) is 9.59 Å². The van der Waals surface area contributed by atoms with Gasteiger partial charge >= 0.3 is 0 Å². The lowest BCUT2D eigenvalue weighted by Crippen LogP contribution is -2.39. The van der Waals surface area contributed by atoms with Gasteiger partial charge in [-0.2, -0.15) is 0 Å². The van der Waals surface area contributed by atoms with E-state index in [0.29, 0.717) is 57.7 Å². The number of carbonyl (C=O) groups is 2. The molecule has 0 aromatic carbocycles. The third-order valence-electron chi connectivity index (χ3n) is 4.46. The topological polar surface area (TPSA) is 77.1 Å². The Morgan fingerprint density at radius 3 is 2.77 bits per heavy atom. The van der Waals surface area contributed by atoms with Gasteiger partial charge in [0.1, 0.15) is 6.61 Å². The molecule has 7 nitrogen and oxygen atoms in total. The molecule has 0 aliphatic carbocycles. The smallest absolute Gasteiger partial charge is 0.248 e. The quantitative estimate of drug-likeness (QED) is 0.642. The number of likely N-dealkylation sites (tertiary alicyclic amines) is 1. The van der Waals surface area contributed by atoms with Gasteiger partial charge in [0.15, 0.2) is 0 Å². The van der Waals surface area contributed by atoms with E-state index in [0.717, 1.165) is 0 Å². The lowest BCUT2D eigenvalue weighted by molar-refractivity contribution is -0.134. The van der Waals surface area contributed by atoms with E-state index < -0.39 is 0 Å². The highest BCUT2D eigenvalue weighted by molar-refractivity contribution is 5.78. The molecule has 2 saturated heterocycles. The number of nitrogens with one attached hydrogen (secondary N) is 1. The SMILES string of the molecule is COCCNC(=O)C[C@@H]1COC[C@H]2CN(C(=O)COC)C[C@@H]12. The summed E-state index contributed by atoms with van der Waals surface area (Å²) in [4.78, 5) is 25.8. The van der Waals surface area contributed by atoms with Gasteiger partial charge in [0.2, 0.25) is 11.8 Å². The average molecular weight is 314 g/mol. The summed E-state index contributed by atoms with van der Waals surface area (Å²) in [5.41, 5.74) is 0. The van der Waals surface area contributed by atoms with E-state index in [-0.39, 0.29) is 24.3 Å². The lowest BCUT2D eigenvalue weighted by Gasteiger charge is -2.32. The molecule has 3 atom stereocenters. The molecule has 2 rings (SSSR count). The van der Waals surface area contributed by atoms with Crippen LogP contribution in [0, 0.1) is 17.8 Å². The van der Waals surface area contributed by atoms with Crippen molar-refractivity contribution in [2.75, 3.05) is 60.3 Å². The van der Waals surface area contributed by atoms with Crippen molar-refractivity contribution in [2.24, 2.45) is 17.8 Å². The largest absolute Gasteiger partial charge is 0.383 e. The fraction of sp³-hybridized carbons (Fsp3) is 0.867. The third-order valence-corrected chi connectivity index (χ3v) is 4.46. The summed E-state index contributed by atoms with van der Waals surface area (Å²) in [6.45, 7) is 3.81. The Balaban J connectivity index is 1.85. The second kappa shape index (κ2) is 8.45. The van der Waals surface area contributed by atoms with Crippen LogP contribution >= 0.6 is 0 Å². The fourth-order valence-electron chi connectivity index (χ4n) is 3.33. The van der Waals surface area contributed by atoms with Gasteiger partial charge in [0.05, 0.1) is 19.8 Å². The maximum atomic E-state index is 12.0. The Kier molecular flexibility index (Phi) is 6.60. The molecular formula is C15H26N2O5. The first-order valence-corrected chi connectivity index (χ1v) is 7.75. The molecule has 2 aliphatic rings. The molecule has 0 saturated carbocycles. The van der Waals surface area contributed by atoms with Crippen LogP contribution in [0.15, 0.2) is 0 Å². The van der Waals surface area contributed by atoms with Crippen LogP contribution in [-0.4, -0.2) is 77.0 Å². The summed E-state index contributed by atoms with van der Waals surface area (Å²) in [6, 6.07) is 0. The highest BCUT2D eigenvalue weighted by Crippen LogP contribution is 2.35. The Bertz CT molecular complexity index is 390. The average Bonchev–Trinajstić information content (AvgIpc) is 2.93. The number of methoxy groups -OCH3 is 2. The maximum absolute atomic E-state index is 12.0. The fourth-order valence-corrected chi connectivity index (χ4v) is 3.33. The summed E-state index contributed by atoms with van der Waals surface area (Å²) in [5.74, 6) is 0.865. The van der Waals surface area contributed by atoms with Gasteiger partial charge in [-0.15, -0.1) is 0 Å². The van der Waals surface area contributed by atoms with Gasteiger partial charge < -0.3 is 24.4 Å². The Labute approximate surface area is 131 Å². The van der Waals surface area contributed by atoms with Gasteiger partial charge in [-0.3, -0.25) is 9.59 Å². The van der Waals surface area contributed by atoms with Crippen molar-refractivity contribution in [3.63, 3.8) is 0 Å². The molecule has 0 unspecified atom stereocenters. The molecule has 0 aromatic heterocycles. The van der Waals surface area contributed by atoms with Crippen molar-refractivity contribution in [1.82, 2.24) is 10.2 Å². The number of rotatable bonds is 7. The molecule has 2 aliphatic heterocycles. The molecule has 0 radical (unpaired) electrons. The van der Waals surface area contributed by atoms with Crippen LogP contribution < -0.4 is 5.32 Å². The summed E-state index contributed by atoms with van der Waals surface area (Å²) < 4.78 is 15.5. The zero-order valence-corrected chi connectivity index (χ0v) is 13.4. The first kappa shape index (κ1) is 17.2. The number of carbonyl (C=O) groups excluding carboxylic acids is 2. The van der Waals surface area contributed by atoms with Crippen LogP contribution in [0.4, 0.5) is 0 Å². The maximum Gasteiger partial charge on any atom is 0.248 e. The minimum atomic E-state index is 0.0141. The summed E-state index contributed by atoms with van der Waals surface area (Å²) in [6.07, 6.45) is 0.442. The summed E-state index contributed by atoms with van der Waals surface area (Å²) >= 11 is 0. The van der Waals surface area contributed by atoms with E-state index >= 15 is 0 Å². The van der Waals surface area contributed by atoms with E-state index in [4.69, 9.17) is 14.2 Å². The van der Waals surface area contributed by atoms with Crippen LogP contribution in [0.1, 0.15) is 6.42 Å². The van der Waals surface area contributed by atoms with Gasteiger partial charge in [0, 0.05) is 46.2 Å². The molecule has 2 amide bonds. The minimum absolute atomic E-state index is 0.0141. The number of hydrogen-bond donors (Lipinski definition) is 1. The summed E-state index contributed by atoms with van der Waals surface area (Å²) in [5, 5.41) is 2.85. The molecule has 0 aromatic rings. The molecule has 126 valence electrons. The van der Waals surface area contributed by atoms with Crippen LogP contribution in [-0.2, 0) is 23.8 Å². The van der Waals surface area contributed by atoms with E-state index in [1.165, 1.54) is 7.11 Å². The van der Waals surface area contributed by atoms with Crippen molar-refractivity contribution in [3.05, 3.63) is 0 Å². The van der Waals surface area contributed by atoms with E-state index in [1.807, 2.05) is 4.90 Å². The minimum Gasteiger partial charge on any atom is -0.383 e. The van der Waals surface area contributed by atoms with Gasteiger partial charge in [-0.05, 0) is 11.8 Å². The van der Waals surface area contributed by atoms with Crippen LogP contribution in [0.5, 0.6) is 0 Å². The molecule has 7 heteroatoms. The molecular weight excluding hydrogens is 288 g/mol. The van der Waals surface area contributed by atoms with Crippen molar-refractivity contribution in [3.8, 4) is 0 Å². The van der Waals surface area contributed by atoms with Crippen molar-refractivity contribution < 1.29 is 23.8 Å². The first-order valence-electron chi connectivity index (χ1n) is 7.75. The van der Waals surface area contributed by atoms with E-state index in [2.05, 4.69) is 5.32 Å². The highest BCUT2D eigenvalue weighted by atomic mass is 16.5. The normalized spacial score (nSPS) is 27.5. The second-order valence-corrected chi connectivity index (χ2v) is 6.00. The number of amides is 2. The lowest BCUT2D eigenvalue weighted by atomic mass is 9.81. The standard InChI is InChI=1S/C15H26N2O5/c1-20-4-3-16-14(18)5-11-8-22-9-12-6-17(7-13(11)12)15(19)10-21-2/h11-13H,3-10H2,1-2H3,(H,16,18)/t11-,12-,13+/m1/s1. The van der Waals surface area contributed by atoms with E-state index in [1.54, 1.807) is 7.11 Å². The molecule has 1 N–H and O–H groups in total. The molecule has 2 fully saturated rings. The number of ether oxygens (including phenoxy) is 3. The zero-order chi connectivity index (χ0) is 15.9. The van der Waals surface area contributed by atoms with Crippen molar-refractivity contribution >= 4 is 11.8 Å². The Morgan fingerprint density at radius 2 is 2.05 bits per heavy atom. The monoisotopic (exact) mass is 314 g/mol.